The van der Waals surface area contributed by atoms with E-state index >= 15 is 0 Å². The third-order valence-electron chi connectivity index (χ3n) is 3.16. The first-order chi connectivity index (χ1) is 10.6. The van der Waals surface area contributed by atoms with Crippen molar-refractivity contribution in [1.29, 1.82) is 0 Å². The summed E-state index contributed by atoms with van der Waals surface area (Å²) in [6, 6.07) is 15.8. The van der Waals surface area contributed by atoms with E-state index in [9.17, 15) is 8.42 Å². The van der Waals surface area contributed by atoms with E-state index in [2.05, 4.69) is 9.88 Å². The van der Waals surface area contributed by atoms with Gasteiger partial charge in [0.05, 0.1) is 4.90 Å². The van der Waals surface area contributed by atoms with Gasteiger partial charge in [0.2, 0.25) is 0 Å². The largest absolute Gasteiger partial charge is 0.362 e. The van der Waals surface area contributed by atoms with Gasteiger partial charge in [0.25, 0.3) is 10.0 Å². The molecule has 0 spiro atoms. The number of nitrogens with zero attached hydrogens (tertiary/aromatic N) is 1. The molecule has 1 N–H and O–H groups in total. The Morgan fingerprint density at radius 2 is 1.82 bits per heavy atom. The van der Waals surface area contributed by atoms with E-state index in [4.69, 9.17) is 4.52 Å². The van der Waals surface area contributed by atoms with Crippen LogP contribution >= 0.6 is 0 Å². The fourth-order valence-corrected chi connectivity index (χ4v) is 3.18. The molecule has 0 saturated carbocycles. The van der Waals surface area contributed by atoms with Gasteiger partial charge in [0.1, 0.15) is 17.6 Å². The van der Waals surface area contributed by atoms with Gasteiger partial charge in [-0.3, -0.25) is 4.72 Å². The van der Waals surface area contributed by atoms with E-state index in [0.717, 1.165) is 11.1 Å². The zero-order chi connectivity index (χ0) is 15.6. The van der Waals surface area contributed by atoms with E-state index < -0.39 is 10.0 Å². The van der Waals surface area contributed by atoms with E-state index in [0.29, 0.717) is 11.4 Å². The van der Waals surface area contributed by atoms with Gasteiger partial charge < -0.3 is 4.52 Å². The van der Waals surface area contributed by atoms with Crippen molar-refractivity contribution in [2.24, 2.45) is 0 Å². The molecule has 1 aromatic heterocycles. The lowest BCUT2D eigenvalue weighted by atomic mass is 10.1. The molecule has 0 bridgehead atoms. The average molecular weight is 314 g/mol. The van der Waals surface area contributed by atoms with Gasteiger partial charge in [-0.2, -0.15) is 0 Å². The highest BCUT2D eigenvalue weighted by Gasteiger charge is 2.18. The fraction of sp³-hybridized carbons (Fsp3) is 0.0625. The van der Waals surface area contributed by atoms with Crippen LogP contribution in [0.2, 0.25) is 0 Å². The van der Waals surface area contributed by atoms with Gasteiger partial charge in [0, 0.05) is 5.56 Å². The van der Waals surface area contributed by atoms with Crippen LogP contribution in [0.3, 0.4) is 0 Å². The number of hydrogen-bond acceptors (Lipinski definition) is 4. The van der Waals surface area contributed by atoms with Gasteiger partial charge >= 0.3 is 0 Å². The van der Waals surface area contributed by atoms with Crippen molar-refractivity contribution in [1.82, 2.24) is 5.16 Å². The third-order valence-corrected chi connectivity index (χ3v) is 4.54. The molecular weight excluding hydrogens is 300 g/mol. The Hall–Kier alpha value is -2.60. The molecule has 1 heterocycles. The molecule has 0 fully saturated rings. The topological polar surface area (TPSA) is 72.2 Å². The summed E-state index contributed by atoms with van der Waals surface area (Å²) >= 11 is 0. The summed E-state index contributed by atoms with van der Waals surface area (Å²) in [6.45, 7) is 1.96. The number of nitrogens with one attached hydrogen (secondary N) is 1. The van der Waals surface area contributed by atoms with Crippen LogP contribution in [0.15, 0.2) is 70.3 Å². The summed E-state index contributed by atoms with van der Waals surface area (Å²) < 4.78 is 32.2. The molecule has 5 nitrogen and oxygen atoms in total. The van der Waals surface area contributed by atoms with Crippen molar-refractivity contribution < 1.29 is 12.9 Å². The quantitative estimate of drug-likeness (QED) is 0.800. The lowest BCUT2D eigenvalue weighted by Gasteiger charge is -2.07. The predicted octanol–water partition coefficient (Wildman–Crippen LogP) is 3.45. The number of aromatic nitrogens is 1. The number of sulfonamides is 1. The maximum absolute atomic E-state index is 12.4. The van der Waals surface area contributed by atoms with Crippen molar-refractivity contribution >= 4 is 15.7 Å². The molecule has 0 aliphatic carbocycles. The summed E-state index contributed by atoms with van der Waals surface area (Å²) in [5, 5.41) is 3.90. The molecule has 0 atom stereocenters. The second-order valence-electron chi connectivity index (χ2n) is 4.86. The van der Waals surface area contributed by atoms with Crippen LogP contribution in [0.4, 0.5) is 5.69 Å². The minimum Gasteiger partial charge on any atom is -0.362 e. The summed E-state index contributed by atoms with van der Waals surface area (Å²) in [6.07, 6.45) is 1.29. The number of anilines is 1. The average Bonchev–Trinajstić information content (AvgIpc) is 2.95. The highest BCUT2D eigenvalue weighted by Crippen LogP contribution is 2.28. The first-order valence-electron chi connectivity index (χ1n) is 6.65. The van der Waals surface area contributed by atoms with Crippen LogP contribution in [0, 0.1) is 6.92 Å². The molecular formula is C16H14N2O3S. The van der Waals surface area contributed by atoms with Crippen LogP contribution < -0.4 is 4.72 Å². The summed E-state index contributed by atoms with van der Waals surface area (Å²) in [4.78, 5) is 0.186. The molecule has 6 heteroatoms. The lowest BCUT2D eigenvalue weighted by Crippen LogP contribution is -2.12. The standard InChI is InChI=1S/C16H14N2O3S/c1-12-6-5-7-13(10-12)16-15(11-21-17-16)18-22(19,20)14-8-3-2-4-9-14/h2-11,18H,1H3. The van der Waals surface area contributed by atoms with Gasteiger partial charge in [-0.25, -0.2) is 8.42 Å². The molecule has 22 heavy (non-hydrogen) atoms. The normalized spacial score (nSPS) is 11.3. The maximum Gasteiger partial charge on any atom is 0.262 e. The Balaban J connectivity index is 1.97. The molecule has 0 radical (unpaired) electrons. The molecule has 0 aliphatic heterocycles. The third kappa shape index (κ3) is 2.87. The van der Waals surface area contributed by atoms with E-state index in [1.807, 2.05) is 31.2 Å². The Bertz CT molecular complexity index is 887. The fourth-order valence-electron chi connectivity index (χ4n) is 2.11. The number of aryl methyl sites for hydroxylation is 1. The van der Waals surface area contributed by atoms with Gasteiger partial charge in [-0.15, -0.1) is 0 Å². The Morgan fingerprint density at radius 1 is 1.05 bits per heavy atom. The second kappa shape index (κ2) is 5.65. The lowest BCUT2D eigenvalue weighted by molar-refractivity contribution is 0.422. The maximum atomic E-state index is 12.4. The van der Waals surface area contributed by atoms with Crippen LogP contribution in [-0.4, -0.2) is 13.6 Å². The molecule has 0 aliphatic rings. The van der Waals surface area contributed by atoms with Gasteiger partial charge in [-0.05, 0) is 25.1 Å². The van der Waals surface area contributed by atoms with Crippen molar-refractivity contribution in [3.63, 3.8) is 0 Å². The molecule has 2 aromatic carbocycles. The molecule has 112 valence electrons. The second-order valence-corrected chi connectivity index (χ2v) is 6.55. The Morgan fingerprint density at radius 3 is 2.55 bits per heavy atom. The number of hydrogen-bond donors (Lipinski definition) is 1. The zero-order valence-corrected chi connectivity index (χ0v) is 12.7. The highest BCUT2D eigenvalue weighted by molar-refractivity contribution is 7.92. The predicted molar refractivity (Wildman–Crippen MR) is 83.9 cm³/mol. The molecule has 0 unspecified atom stereocenters. The number of benzene rings is 2. The smallest absolute Gasteiger partial charge is 0.262 e. The van der Waals surface area contributed by atoms with Crippen LogP contribution in [0.1, 0.15) is 5.56 Å². The monoisotopic (exact) mass is 314 g/mol. The molecule has 3 rings (SSSR count). The minimum absolute atomic E-state index is 0.186. The van der Waals surface area contributed by atoms with Crippen molar-refractivity contribution in [3.8, 4) is 11.3 Å². The summed E-state index contributed by atoms with van der Waals surface area (Å²) in [5.41, 5.74) is 2.62. The van der Waals surface area contributed by atoms with Crippen LogP contribution in [0.5, 0.6) is 0 Å². The van der Waals surface area contributed by atoms with Crippen molar-refractivity contribution in [2.75, 3.05) is 4.72 Å². The number of rotatable bonds is 4. The Labute approximate surface area is 128 Å². The van der Waals surface area contributed by atoms with Gasteiger partial charge in [0.15, 0.2) is 0 Å². The van der Waals surface area contributed by atoms with E-state index in [1.165, 1.54) is 18.4 Å². The van der Waals surface area contributed by atoms with Crippen LogP contribution in [-0.2, 0) is 10.0 Å². The first kappa shape index (κ1) is 14.3. The Kier molecular flexibility index (Phi) is 3.68. The molecule has 3 aromatic rings. The SMILES string of the molecule is Cc1cccc(-c2nocc2NS(=O)(=O)c2ccccc2)c1. The summed E-state index contributed by atoms with van der Waals surface area (Å²) in [7, 11) is -3.67. The van der Waals surface area contributed by atoms with Crippen molar-refractivity contribution in [2.45, 2.75) is 11.8 Å². The van der Waals surface area contributed by atoms with E-state index in [-0.39, 0.29) is 4.90 Å². The zero-order valence-electron chi connectivity index (χ0n) is 11.9. The minimum atomic E-state index is -3.67. The van der Waals surface area contributed by atoms with Crippen molar-refractivity contribution in [3.05, 3.63) is 66.4 Å². The van der Waals surface area contributed by atoms with Gasteiger partial charge in [-0.1, -0.05) is 47.1 Å². The molecule has 0 saturated heterocycles. The summed E-state index contributed by atoms with van der Waals surface area (Å²) in [5.74, 6) is 0. The molecule has 0 amide bonds. The highest BCUT2D eigenvalue weighted by atomic mass is 32.2. The van der Waals surface area contributed by atoms with Crippen LogP contribution in [0.25, 0.3) is 11.3 Å². The first-order valence-corrected chi connectivity index (χ1v) is 8.14. The van der Waals surface area contributed by atoms with E-state index in [1.54, 1.807) is 18.2 Å².